The summed E-state index contributed by atoms with van der Waals surface area (Å²) in [7, 11) is 0. The van der Waals surface area contributed by atoms with Crippen molar-refractivity contribution >= 4 is 17.5 Å². The Morgan fingerprint density at radius 1 is 1.36 bits per heavy atom. The van der Waals surface area contributed by atoms with Crippen LogP contribution in [0.3, 0.4) is 0 Å². The van der Waals surface area contributed by atoms with Crippen molar-refractivity contribution in [2.45, 2.75) is 32.4 Å². The van der Waals surface area contributed by atoms with Gasteiger partial charge in [0, 0.05) is 43.6 Å². The van der Waals surface area contributed by atoms with E-state index in [2.05, 4.69) is 10.3 Å². The molecule has 1 aliphatic rings. The molecule has 2 aromatic rings. The minimum Gasteiger partial charge on any atom is -0.484 e. The Kier molecular flexibility index (Phi) is 5.33. The van der Waals surface area contributed by atoms with Gasteiger partial charge in [-0.3, -0.25) is 9.59 Å². The fourth-order valence-corrected chi connectivity index (χ4v) is 2.87. The number of carbonyl (C=O) groups is 2. The van der Waals surface area contributed by atoms with E-state index >= 15 is 0 Å². The Hall–Kier alpha value is -2.83. The van der Waals surface area contributed by atoms with Crippen molar-refractivity contribution in [2.24, 2.45) is 0 Å². The van der Waals surface area contributed by atoms with Crippen LogP contribution in [0.5, 0.6) is 5.75 Å². The molecule has 7 heteroatoms. The number of hydrogen-bond donors (Lipinski definition) is 1. The number of benzene rings is 1. The van der Waals surface area contributed by atoms with Crippen LogP contribution in [0.25, 0.3) is 0 Å². The predicted octanol–water partition coefficient (Wildman–Crippen LogP) is 1.59. The van der Waals surface area contributed by atoms with Crippen LogP contribution < -0.4 is 15.0 Å². The molecule has 3 rings (SSSR count). The van der Waals surface area contributed by atoms with E-state index < -0.39 is 0 Å². The van der Waals surface area contributed by atoms with Gasteiger partial charge in [-0.1, -0.05) is 0 Å². The lowest BCUT2D eigenvalue weighted by molar-refractivity contribution is -0.123. The lowest BCUT2D eigenvalue weighted by atomic mass is 10.3. The van der Waals surface area contributed by atoms with Gasteiger partial charge in [0.25, 0.3) is 5.91 Å². The van der Waals surface area contributed by atoms with E-state index in [4.69, 9.17) is 4.74 Å². The van der Waals surface area contributed by atoms with Crippen molar-refractivity contribution in [2.75, 3.05) is 18.1 Å². The number of nitrogens with one attached hydrogen (secondary N) is 1. The van der Waals surface area contributed by atoms with Crippen LogP contribution >= 0.6 is 0 Å². The second-order valence-corrected chi connectivity index (χ2v) is 6.16. The molecule has 0 saturated carbocycles. The molecular weight excluding hydrogens is 320 g/mol. The van der Waals surface area contributed by atoms with Crippen LogP contribution in [0.1, 0.15) is 19.8 Å². The maximum atomic E-state index is 12.0. The molecule has 1 aliphatic heterocycles. The largest absolute Gasteiger partial charge is 0.484 e. The van der Waals surface area contributed by atoms with Crippen LogP contribution in [-0.2, 0) is 16.1 Å². The zero-order valence-corrected chi connectivity index (χ0v) is 14.2. The van der Waals surface area contributed by atoms with Gasteiger partial charge in [0.05, 0.1) is 6.33 Å². The summed E-state index contributed by atoms with van der Waals surface area (Å²) in [5.74, 6) is 0.583. The number of hydrogen-bond acceptors (Lipinski definition) is 4. The van der Waals surface area contributed by atoms with Gasteiger partial charge in [0.2, 0.25) is 5.91 Å². The summed E-state index contributed by atoms with van der Waals surface area (Å²) in [6.45, 7) is 3.30. The van der Waals surface area contributed by atoms with E-state index in [1.807, 2.05) is 29.8 Å². The summed E-state index contributed by atoms with van der Waals surface area (Å²) >= 11 is 0. The summed E-state index contributed by atoms with van der Waals surface area (Å²) in [5.41, 5.74) is 0.869. The smallest absolute Gasteiger partial charge is 0.258 e. The minimum atomic E-state index is -0.175. The number of imidazole rings is 1. The van der Waals surface area contributed by atoms with Crippen molar-refractivity contribution in [1.29, 1.82) is 0 Å². The molecule has 132 valence electrons. The van der Waals surface area contributed by atoms with Crippen molar-refractivity contribution in [3.8, 4) is 5.75 Å². The third-order valence-corrected chi connectivity index (χ3v) is 4.04. The lowest BCUT2D eigenvalue weighted by Gasteiger charge is -2.16. The zero-order chi connectivity index (χ0) is 17.6. The summed E-state index contributed by atoms with van der Waals surface area (Å²) < 4.78 is 7.42. The molecule has 0 bridgehead atoms. The number of carbonyl (C=O) groups excluding carboxylic acids is 2. The van der Waals surface area contributed by atoms with E-state index in [1.54, 1.807) is 29.6 Å². The Bertz CT molecular complexity index is 712. The third kappa shape index (κ3) is 4.59. The third-order valence-electron chi connectivity index (χ3n) is 4.04. The molecule has 1 unspecified atom stereocenters. The van der Waals surface area contributed by atoms with Gasteiger partial charge in [0.1, 0.15) is 5.75 Å². The van der Waals surface area contributed by atoms with Gasteiger partial charge in [0.15, 0.2) is 6.61 Å². The Balaban J connectivity index is 1.44. The van der Waals surface area contributed by atoms with E-state index in [0.29, 0.717) is 18.7 Å². The zero-order valence-electron chi connectivity index (χ0n) is 14.2. The first-order valence-electron chi connectivity index (χ1n) is 8.40. The van der Waals surface area contributed by atoms with Crippen molar-refractivity contribution in [3.05, 3.63) is 43.0 Å². The molecule has 0 radical (unpaired) electrons. The summed E-state index contributed by atoms with van der Waals surface area (Å²) in [6, 6.07) is 7.23. The minimum absolute atomic E-state index is 0.0196. The van der Waals surface area contributed by atoms with Gasteiger partial charge >= 0.3 is 0 Å². The molecule has 1 aromatic carbocycles. The highest BCUT2D eigenvalue weighted by atomic mass is 16.5. The van der Waals surface area contributed by atoms with E-state index in [0.717, 1.165) is 18.7 Å². The molecule has 1 aromatic heterocycles. The van der Waals surface area contributed by atoms with Gasteiger partial charge in [-0.05, 0) is 37.6 Å². The van der Waals surface area contributed by atoms with Crippen LogP contribution in [0.2, 0.25) is 0 Å². The highest BCUT2D eigenvalue weighted by molar-refractivity contribution is 5.95. The van der Waals surface area contributed by atoms with Gasteiger partial charge < -0.3 is 19.5 Å². The Morgan fingerprint density at radius 3 is 2.80 bits per heavy atom. The topological polar surface area (TPSA) is 76.5 Å². The van der Waals surface area contributed by atoms with E-state index in [-0.39, 0.29) is 24.5 Å². The number of anilines is 1. The Labute approximate surface area is 146 Å². The highest BCUT2D eigenvalue weighted by Gasteiger charge is 2.21. The van der Waals surface area contributed by atoms with Crippen LogP contribution in [0, 0.1) is 0 Å². The van der Waals surface area contributed by atoms with Crippen LogP contribution in [0.15, 0.2) is 43.0 Å². The quantitative estimate of drug-likeness (QED) is 0.829. The predicted molar refractivity (Wildman–Crippen MR) is 93.4 cm³/mol. The van der Waals surface area contributed by atoms with Crippen molar-refractivity contribution in [3.63, 3.8) is 0 Å². The highest BCUT2D eigenvalue weighted by Crippen LogP contribution is 2.23. The molecule has 1 N–H and O–H groups in total. The van der Waals surface area contributed by atoms with Crippen LogP contribution in [-0.4, -0.2) is 40.6 Å². The lowest BCUT2D eigenvalue weighted by Crippen LogP contribution is -2.38. The number of amides is 2. The summed E-state index contributed by atoms with van der Waals surface area (Å²) in [5, 5.41) is 2.88. The van der Waals surface area contributed by atoms with Crippen molar-refractivity contribution < 1.29 is 14.3 Å². The van der Waals surface area contributed by atoms with Crippen LogP contribution in [0.4, 0.5) is 5.69 Å². The molecule has 1 saturated heterocycles. The standard InChI is InChI=1S/C18H22N4O3/c1-14(11-21-10-8-19-13-21)20-17(23)12-25-16-6-4-15(5-7-16)22-9-2-3-18(22)24/h4-8,10,13-14H,2-3,9,11-12H2,1H3,(H,20,23). The molecule has 0 aliphatic carbocycles. The normalized spacial score (nSPS) is 15.2. The maximum Gasteiger partial charge on any atom is 0.258 e. The summed E-state index contributed by atoms with van der Waals surface area (Å²) in [4.78, 5) is 29.4. The Morgan fingerprint density at radius 2 is 2.16 bits per heavy atom. The van der Waals surface area contributed by atoms with Gasteiger partial charge in [-0.2, -0.15) is 0 Å². The number of nitrogens with zero attached hydrogens (tertiary/aromatic N) is 3. The molecular formula is C18H22N4O3. The van der Waals surface area contributed by atoms with E-state index in [9.17, 15) is 9.59 Å². The number of aromatic nitrogens is 2. The second kappa shape index (κ2) is 7.83. The monoisotopic (exact) mass is 342 g/mol. The summed E-state index contributed by atoms with van der Waals surface area (Å²) in [6.07, 6.45) is 6.78. The maximum absolute atomic E-state index is 12.0. The number of ether oxygens (including phenoxy) is 1. The molecule has 1 fully saturated rings. The van der Waals surface area contributed by atoms with Crippen molar-refractivity contribution in [1.82, 2.24) is 14.9 Å². The first-order valence-corrected chi connectivity index (χ1v) is 8.40. The SMILES string of the molecule is CC(Cn1ccnc1)NC(=O)COc1ccc(N2CCCC2=O)cc1. The van der Waals surface area contributed by atoms with Gasteiger partial charge in [-0.25, -0.2) is 4.98 Å². The first kappa shape index (κ1) is 17.0. The fourth-order valence-electron chi connectivity index (χ4n) is 2.87. The average Bonchev–Trinajstić information content (AvgIpc) is 3.25. The first-order chi connectivity index (χ1) is 12.1. The second-order valence-electron chi connectivity index (χ2n) is 6.16. The molecule has 2 heterocycles. The van der Waals surface area contributed by atoms with E-state index in [1.165, 1.54) is 0 Å². The fraction of sp³-hybridized carbons (Fsp3) is 0.389. The molecule has 0 spiro atoms. The number of rotatable bonds is 7. The molecule has 2 amide bonds. The molecule has 25 heavy (non-hydrogen) atoms. The average molecular weight is 342 g/mol. The molecule has 7 nitrogen and oxygen atoms in total. The molecule has 1 atom stereocenters. The van der Waals surface area contributed by atoms with Gasteiger partial charge in [-0.15, -0.1) is 0 Å².